The fourth-order valence-electron chi connectivity index (χ4n) is 1.44. The molecule has 0 saturated carbocycles. The average molecular weight is 264 g/mol. The number of rotatable bonds is 4. The fraction of sp³-hybridized carbons (Fsp3) is 0.182. The number of nitrogen functional groups attached to an aromatic ring is 1. The summed E-state index contributed by atoms with van der Waals surface area (Å²) in [6.07, 6.45) is 1.42. The van der Waals surface area contributed by atoms with Crippen molar-refractivity contribution in [2.45, 2.75) is 13.5 Å². The van der Waals surface area contributed by atoms with Crippen LogP contribution in [0.15, 0.2) is 17.6 Å². The smallest absolute Gasteiger partial charge is 0.337 e. The van der Waals surface area contributed by atoms with E-state index in [1.165, 1.54) is 23.6 Å². The number of anilines is 2. The van der Waals surface area contributed by atoms with Crippen molar-refractivity contribution in [1.29, 1.82) is 0 Å². The molecule has 94 valence electrons. The zero-order valence-corrected chi connectivity index (χ0v) is 10.5. The van der Waals surface area contributed by atoms with Gasteiger partial charge in [0.15, 0.2) is 0 Å². The minimum Gasteiger partial charge on any atom is -0.478 e. The van der Waals surface area contributed by atoms with Crippen LogP contribution in [0.5, 0.6) is 0 Å². The van der Waals surface area contributed by atoms with Crippen molar-refractivity contribution < 1.29 is 9.90 Å². The number of hydrogen-bond donors (Lipinski definition) is 3. The maximum Gasteiger partial charge on any atom is 0.337 e. The molecule has 0 amide bonds. The molecule has 2 heterocycles. The predicted octanol–water partition coefficient (Wildman–Crippen LogP) is 1.74. The summed E-state index contributed by atoms with van der Waals surface area (Å²) in [5.74, 6) is -0.857. The van der Waals surface area contributed by atoms with E-state index in [9.17, 15) is 4.79 Å². The molecule has 0 aromatic carbocycles. The third kappa shape index (κ3) is 2.75. The number of aromatic carboxylic acids is 1. The second kappa shape index (κ2) is 5.01. The topological polar surface area (TPSA) is 101 Å². The molecule has 0 aliphatic rings. The van der Waals surface area contributed by atoms with Crippen LogP contribution in [0.2, 0.25) is 0 Å². The van der Waals surface area contributed by atoms with Gasteiger partial charge in [0.25, 0.3) is 0 Å². The van der Waals surface area contributed by atoms with E-state index in [4.69, 9.17) is 10.8 Å². The number of carboxylic acids is 1. The van der Waals surface area contributed by atoms with Gasteiger partial charge in [-0.05, 0) is 13.0 Å². The van der Waals surface area contributed by atoms with Crippen molar-refractivity contribution in [2.75, 3.05) is 11.1 Å². The van der Waals surface area contributed by atoms with Gasteiger partial charge in [0.2, 0.25) is 0 Å². The summed E-state index contributed by atoms with van der Waals surface area (Å²) in [5, 5.41) is 14.9. The zero-order chi connectivity index (χ0) is 13.1. The van der Waals surface area contributed by atoms with Gasteiger partial charge in [0.05, 0.1) is 24.0 Å². The number of hydrogen-bond acceptors (Lipinski definition) is 6. The van der Waals surface area contributed by atoms with Gasteiger partial charge < -0.3 is 16.2 Å². The standard InChI is InChI=1S/C11H12N4O2S/c1-6-5-18-10(15-6)4-13-8-3-14-9(12)2-7(8)11(16)17/h2-3,5,13H,4H2,1H3,(H2,12,14)(H,16,17). The maximum absolute atomic E-state index is 11.1. The third-order valence-corrected chi connectivity index (χ3v) is 3.22. The summed E-state index contributed by atoms with van der Waals surface area (Å²) in [6.45, 7) is 2.37. The lowest BCUT2D eigenvalue weighted by molar-refractivity contribution is 0.0698. The van der Waals surface area contributed by atoms with Crippen LogP contribution in [0.1, 0.15) is 21.1 Å². The number of carbonyl (C=O) groups is 1. The van der Waals surface area contributed by atoms with Crippen molar-refractivity contribution in [2.24, 2.45) is 0 Å². The molecule has 0 spiro atoms. The lowest BCUT2D eigenvalue weighted by atomic mass is 10.2. The molecule has 0 bridgehead atoms. The molecule has 0 atom stereocenters. The highest BCUT2D eigenvalue weighted by Crippen LogP contribution is 2.18. The lowest BCUT2D eigenvalue weighted by Crippen LogP contribution is -2.08. The molecule has 0 radical (unpaired) electrons. The Morgan fingerprint density at radius 1 is 1.61 bits per heavy atom. The minimum atomic E-state index is -1.04. The largest absolute Gasteiger partial charge is 0.478 e. The van der Waals surface area contributed by atoms with Crippen molar-refractivity contribution in [1.82, 2.24) is 9.97 Å². The molecule has 4 N–H and O–H groups in total. The summed E-state index contributed by atoms with van der Waals surface area (Å²) in [7, 11) is 0. The second-order valence-electron chi connectivity index (χ2n) is 3.70. The summed E-state index contributed by atoms with van der Waals surface area (Å²) < 4.78 is 0. The van der Waals surface area contributed by atoms with Crippen molar-refractivity contribution in [3.05, 3.63) is 33.9 Å². The first kappa shape index (κ1) is 12.3. The lowest BCUT2D eigenvalue weighted by Gasteiger charge is -2.08. The molecule has 0 aliphatic heterocycles. The average Bonchev–Trinajstić information content (AvgIpc) is 2.73. The Kier molecular flexibility index (Phi) is 3.42. The molecule has 18 heavy (non-hydrogen) atoms. The van der Waals surface area contributed by atoms with E-state index in [1.54, 1.807) is 0 Å². The van der Waals surface area contributed by atoms with Crippen molar-refractivity contribution in [3.63, 3.8) is 0 Å². The Morgan fingerprint density at radius 2 is 2.39 bits per heavy atom. The summed E-state index contributed by atoms with van der Waals surface area (Å²) in [6, 6.07) is 1.33. The van der Waals surface area contributed by atoms with Crippen LogP contribution in [-0.2, 0) is 6.54 Å². The van der Waals surface area contributed by atoms with Crippen molar-refractivity contribution in [3.8, 4) is 0 Å². The number of pyridine rings is 1. The Labute approximate surface area is 108 Å². The van der Waals surface area contributed by atoms with Crippen LogP contribution in [-0.4, -0.2) is 21.0 Å². The number of nitrogens with one attached hydrogen (secondary N) is 1. The second-order valence-corrected chi connectivity index (χ2v) is 4.64. The van der Waals surface area contributed by atoms with E-state index in [0.29, 0.717) is 12.2 Å². The SMILES string of the molecule is Cc1csc(CNc2cnc(N)cc2C(=O)O)n1. The van der Waals surface area contributed by atoms with Crippen LogP contribution in [0, 0.1) is 6.92 Å². The van der Waals surface area contributed by atoms with E-state index < -0.39 is 5.97 Å². The van der Waals surface area contributed by atoms with Gasteiger partial charge in [0, 0.05) is 11.1 Å². The molecular weight excluding hydrogens is 252 g/mol. The van der Waals surface area contributed by atoms with Gasteiger partial charge in [-0.2, -0.15) is 0 Å². The number of aromatic nitrogens is 2. The van der Waals surface area contributed by atoms with Crippen LogP contribution >= 0.6 is 11.3 Å². The van der Waals surface area contributed by atoms with E-state index in [2.05, 4.69) is 15.3 Å². The van der Waals surface area contributed by atoms with Crippen LogP contribution in [0.25, 0.3) is 0 Å². The van der Waals surface area contributed by atoms with Gasteiger partial charge in [-0.25, -0.2) is 14.8 Å². The fourth-order valence-corrected chi connectivity index (χ4v) is 2.16. The third-order valence-electron chi connectivity index (χ3n) is 2.25. The Balaban J connectivity index is 2.16. The van der Waals surface area contributed by atoms with Gasteiger partial charge in [-0.15, -0.1) is 11.3 Å². The number of nitrogens with zero attached hydrogens (tertiary/aromatic N) is 2. The Bertz CT molecular complexity index is 582. The summed E-state index contributed by atoms with van der Waals surface area (Å²) in [4.78, 5) is 19.2. The molecular formula is C11H12N4O2S. The summed E-state index contributed by atoms with van der Waals surface area (Å²) in [5.41, 5.74) is 6.96. The van der Waals surface area contributed by atoms with Gasteiger partial charge in [0.1, 0.15) is 10.8 Å². The highest BCUT2D eigenvalue weighted by atomic mass is 32.1. The van der Waals surface area contributed by atoms with Gasteiger partial charge in [-0.1, -0.05) is 0 Å². The molecule has 2 aromatic heterocycles. The van der Waals surface area contributed by atoms with Crippen LogP contribution < -0.4 is 11.1 Å². The van der Waals surface area contributed by atoms with Crippen molar-refractivity contribution >= 4 is 28.8 Å². The van der Waals surface area contributed by atoms with E-state index in [1.807, 2.05) is 12.3 Å². The zero-order valence-electron chi connectivity index (χ0n) is 9.67. The summed E-state index contributed by atoms with van der Waals surface area (Å²) >= 11 is 1.52. The van der Waals surface area contributed by atoms with Crippen LogP contribution in [0.4, 0.5) is 11.5 Å². The van der Waals surface area contributed by atoms with E-state index >= 15 is 0 Å². The maximum atomic E-state index is 11.1. The molecule has 7 heteroatoms. The van der Waals surface area contributed by atoms with E-state index in [0.717, 1.165) is 10.7 Å². The number of carboxylic acid groups (broad SMARTS) is 1. The Morgan fingerprint density at radius 3 is 3.00 bits per heavy atom. The highest BCUT2D eigenvalue weighted by Gasteiger charge is 2.11. The number of aryl methyl sites for hydroxylation is 1. The molecule has 0 aliphatic carbocycles. The molecule has 2 rings (SSSR count). The molecule has 0 fully saturated rings. The number of nitrogens with two attached hydrogens (primary N) is 1. The Hall–Kier alpha value is -2.15. The minimum absolute atomic E-state index is 0.107. The predicted molar refractivity (Wildman–Crippen MR) is 69.8 cm³/mol. The first-order valence-electron chi connectivity index (χ1n) is 5.20. The van der Waals surface area contributed by atoms with Gasteiger partial charge >= 0.3 is 5.97 Å². The molecule has 0 saturated heterocycles. The van der Waals surface area contributed by atoms with Gasteiger partial charge in [-0.3, -0.25) is 0 Å². The number of thiazole rings is 1. The quantitative estimate of drug-likeness (QED) is 0.777. The first-order valence-corrected chi connectivity index (χ1v) is 6.08. The molecule has 0 unspecified atom stereocenters. The molecule has 6 nitrogen and oxygen atoms in total. The molecule has 2 aromatic rings. The van der Waals surface area contributed by atoms with Crippen LogP contribution in [0.3, 0.4) is 0 Å². The first-order chi connectivity index (χ1) is 8.56. The normalized spacial score (nSPS) is 10.3. The monoisotopic (exact) mass is 264 g/mol. The van der Waals surface area contributed by atoms with E-state index in [-0.39, 0.29) is 11.4 Å². The highest BCUT2D eigenvalue weighted by molar-refractivity contribution is 7.09.